The summed E-state index contributed by atoms with van der Waals surface area (Å²) in [5.74, 6) is -0.862. The number of anilines is 2. The number of nitrogens with zero attached hydrogens (tertiary/aromatic N) is 2. The summed E-state index contributed by atoms with van der Waals surface area (Å²) < 4.78 is 0. The molecule has 1 aliphatic rings. The van der Waals surface area contributed by atoms with Crippen LogP contribution in [0.1, 0.15) is 19.4 Å². The van der Waals surface area contributed by atoms with Gasteiger partial charge in [0, 0.05) is 24.5 Å². The van der Waals surface area contributed by atoms with Crippen molar-refractivity contribution in [2.45, 2.75) is 13.8 Å². The van der Waals surface area contributed by atoms with Crippen molar-refractivity contribution in [3.63, 3.8) is 0 Å². The molecule has 150 valence electrons. The molecule has 2 aromatic carbocycles. The summed E-state index contributed by atoms with van der Waals surface area (Å²) >= 11 is 0.853. The molecule has 0 bridgehead atoms. The molecular formula is C22H23N3O3S. The second-order valence-electron chi connectivity index (χ2n) is 6.45. The molecule has 0 atom stereocenters. The zero-order chi connectivity index (χ0) is 20.8. The summed E-state index contributed by atoms with van der Waals surface area (Å²) in [6, 6.07) is 16.8. The maximum Gasteiger partial charge on any atom is 0.294 e. The Hall–Kier alpha value is -3.06. The molecule has 1 heterocycles. The van der Waals surface area contributed by atoms with Gasteiger partial charge in [0.2, 0.25) is 5.91 Å². The molecule has 3 amide bonds. The van der Waals surface area contributed by atoms with Crippen LogP contribution in [0.3, 0.4) is 0 Å². The Morgan fingerprint density at radius 3 is 2.31 bits per heavy atom. The topological polar surface area (TPSA) is 69.7 Å². The highest BCUT2D eigenvalue weighted by molar-refractivity contribution is 8.18. The fourth-order valence-corrected chi connectivity index (χ4v) is 3.86. The molecule has 0 aromatic heterocycles. The highest BCUT2D eigenvalue weighted by Gasteiger charge is 2.36. The van der Waals surface area contributed by atoms with Crippen molar-refractivity contribution in [1.29, 1.82) is 0 Å². The number of thioether (sulfide) groups is 1. The largest absolute Gasteiger partial charge is 0.372 e. The smallest absolute Gasteiger partial charge is 0.294 e. The molecule has 7 heteroatoms. The highest BCUT2D eigenvalue weighted by atomic mass is 32.2. The highest BCUT2D eigenvalue weighted by Crippen LogP contribution is 2.32. The number of amides is 3. The molecule has 0 spiro atoms. The average molecular weight is 410 g/mol. The Morgan fingerprint density at radius 2 is 1.69 bits per heavy atom. The number of nitrogens with one attached hydrogen (secondary N) is 1. The van der Waals surface area contributed by atoms with Crippen molar-refractivity contribution in [1.82, 2.24) is 4.90 Å². The van der Waals surface area contributed by atoms with Gasteiger partial charge in [0.15, 0.2) is 0 Å². The normalized spacial score (nSPS) is 15.1. The summed E-state index contributed by atoms with van der Waals surface area (Å²) in [5, 5.41) is 2.24. The third kappa shape index (κ3) is 5.06. The molecular weight excluding hydrogens is 386 g/mol. The average Bonchev–Trinajstić information content (AvgIpc) is 2.98. The molecule has 1 aliphatic heterocycles. The maximum absolute atomic E-state index is 12.6. The molecule has 0 aliphatic carbocycles. The van der Waals surface area contributed by atoms with Crippen molar-refractivity contribution in [2.75, 3.05) is 29.9 Å². The van der Waals surface area contributed by atoms with Crippen LogP contribution in [0, 0.1) is 0 Å². The Morgan fingerprint density at radius 1 is 1.03 bits per heavy atom. The molecule has 2 aromatic rings. The first-order valence-corrected chi connectivity index (χ1v) is 10.3. The minimum absolute atomic E-state index is 0.308. The summed E-state index contributed by atoms with van der Waals surface area (Å²) in [4.78, 5) is 40.5. The van der Waals surface area contributed by atoms with Gasteiger partial charge in [0.1, 0.15) is 6.54 Å². The van der Waals surface area contributed by atoms with E-state index >= 15 is 0 Å². The lowest BCUT2D eigenvalue weighted by Gasteiger charge is -2.20. The summed E-state index contributed by atoms with van der Waals surface area (Å²) in [7, 11) is 0. The van der Waals surface area contributed by atoms with Crippen molar-refractivity contribution < 1.29 is 14.4 Å². The van der Waals surface area contributed by atoms with Crippen LogP contribution in [0.2, 0.25) is 0 Å². The van der Waals surface area contributed by atoms with Crippen LogP contribution in [0.4, 0.5) is 16.2 Å². The quantitative estimate of drug-likeness (QED) is 0.694. The molecule has 3 rings (SSSR count). The van der Waals surface area contributed by atoms with E-state index < -0.39 is 17.1 Å². The van der Waals surface area contributed by atoms with E-state index in [1.807, 2.05) is 30.3 Å². The van der Waals surface area contributed by atoms with Crippen LogP contribution in [-0.2, 0) is 9.59 Å². The lowest BCUT2D eigenvalue weighted by molar-refractivity contribution is -0.127. The summed E-state index contributed by atoms with van der Waals surface area (Å²) in [6.07, 6.45) is 1.69. The summed E-state index contributed by atoms with van der Waals surface area (Å²) in [5.41, 5.74) is 2.56. The van der Waals surface area contributed by atoms with Crippen LogP contribution < -0.4 is 10.2 Å². The van der Waals surface area contributed by atoms with Gasteiger partial charge in [-0.3, -0.25) is 19.3 Å². The van der Waals surface area contributed by atoms with Crippen LogP contribution in [0.25, 0.3) is 6.08 Å². The predicted octanol–water partition coefficient (Wildman–Crippen LogP) is 4.21. The molecule has 0 unspecified atom stereocenters. The van der Waals surface area contributed by atoms with E-state index in [4.69, 9.17) is 0 Å². The predicted molar refractivity (Wildman–Crippen MR) is 118 cm³/mol. The lowest BCUT2D eigenvalue weighted by atomic mass is 10.1. The van der Waals surface area contributed by atoms with E-state index in [0.29, 0.717) is 10.6 Å². The number of rotatable bonds is 7. The Bertz CT molecular complexity index is 922. The number of para-hydroxylation sites is 1. The van der Waals surface area contributed by atoms with Crippen LogP contribution in [0.15, 0.2) is 59.5 Å². The van der Waals surface area contributed by atoms with Gasteiger partial charge >= 0.3 is 0 Å². The fourth-order valence-electron chi connectivity index (χ4n) is 3.02. The molecule has 0 saturated carbocycles. The molecule has 6 nitrogen and oxygen atoms in total. The van der Waals surface area contributed by atoms with Crippen molar-refractivity contribution in [3.05, 3.63) is 65.1 Å². The van der Waals surface area contributed by atoms with Gasteiger partial charge in [-0.2, -0.15) is 0 Å². The van der Waals surface area contributed by atoms with Gasteiger partial charge in [-0.25, -0.2) is 0 Å². The Kier molecular flexibility index (Phi) is 6.72. The maximum atomic E-state index is 12.6. The number of carbonyl (C=O) groups is 3. The second kappa shape index (κ2) is 9.43. The van der Waals surface area contributed by atoms with E-state index in [0.717, 1.165) is 41.0 Å². The second-order valence-corrected chi connectivity index (χ2v) is 7.44. The van der Waals surface area contributed by atoms with Crippen molar-refractivity contribution in [3.8, 4) is 0 Å². The molecule has 1 saturated heterocycles. The van der Waals surface area contributed by atoms with E-state index in [1.54, 1.807) is 30.3 Å². The SMILES string of the molecule is CCN(CC)c1ccc(/C=C2/SC(=O)N(CC(=O)Nc3ccccc3)C2=O)cc1. The number of benzene rings is 2. The number of carbonyl (C=O) groups excluding carboxylic acids is 3. The zero-order valence-electron chi connectivity index (χ0n) is 16.4. The fraction of sp³-hybridized carbons (Fsp3) is 0.227. The number of hydrogen-bond donors (Lipinski definition) is 1. The van der Waals surface area contributed by atoms with Crippen LogP contribution in [-0.4, -0.2) is 41.6 Å². The molecule has 1 fully saturated rings. The Labute approximate surface area is 174 Å². The number of hydrogen-bond acceptors (Lipinski definition) is 5. The van der Waals surface area contributed by atoms with Gasteiger partial charge in [-0.15, -0.1) is 0 Å². The third-order valence-electron chi connectivity index (χ3n) is 4.55. The first-order valence-electron chi connectivity index (χ1n) is 9.47. The third-order valence-corrected chi connectivity index (χ3v) is 5.46. The van der Waals surface area contributed by atoms with E-state index in [1.165, 1.54) is 0 Å². The monoisotopic (exact) mass is 409 g/mol. The molecule has 0 radical (unpaired) electrons. The van der Waals surface area contributed by atoms with E-state index in [9.17, 15) is 14.4 Å². The van der Waals surface area contributed by atoms with Gasteiger partial charge in [-0.05, 0) is 61.5 Å². The van der Waals surface area contributed by atoms with Gasteiger partial charge in [0.25, 0.3) is 11.1 Å². The minimum Gasteiger partial charge on any atom is -0.372 e. The van der Waals surface area contributed by atoms with Gasteiger partial charge < -0.3 is 10.2 Å². The number of imide groups is 1. The van der Waals surface area contributed by atoms with Crippen molar-refractivity contribution >= 4 is 46.3 Å². The zero-order valence-corrected chi connectivity index (χ0v) is 17.2. The minimum atomic E-state index is -0.448. The van der Waals surface area contributed by atoms with Crippen LogP contribution >= 0.6 is 11.8 Å². The van der Waals surface area contributed by atoms with E-state index in [-0.39, 0.29) is 6.54 Å². The summed E-state index contributed by atoms with van der Waals surface area (Å²) in [6.45, 7) is 5.72. The first kappa shape index (κ1) is 20.7. The molecule has 1 N–H and O–H groups in total. The van der Waals surface area contributed by atoms with E-state index in [2.05, 4.69) is 24.1 Å². The van der Waals surface area contributed by atoms with Crippen molar-refractivity contribution in [2.24, 2.45) is 0 Å². The molecule has 29 heavy (non-hydrogen) atoms. The lowest BCUT2D eigenvalue weighted by Crippen LogP contribution is -2.36. The van der Waals surface area contributed by atoms with Gasteiger partial charge in [0.05, 0.1) is 4.91 Å². The van der Waals surface area contributed by atoms with Crippen LogP contribution in [0.5, 0.6) is 0 Å². The Balaban J connectivity index is 1.67. The van der Waals surface area contributed by atoms with Gasteiger partial charge in [-0.1, -0.05) is 30.3 Å². The first-order chi connectivity index (χ1) is 14.0. The standard InChI is InChI=1S/C22H23N3O3S/c1-3-24(4-2)18-12-10-16(11-13-18)14-19-21(27)25(22(28)29-19)15-20(26)23-17-8-6-5-7-9-17/h5-14H,3-4,15H2,1-2H3,(H,23,26)/b19-14+.